The van der Waals surface area contributed by atoms with Gasteiger partial charge in [0.25, 0.3) is 5.24 Å². The van der Waals surface area contributed by atoms with Crippen molar-refractivity contribution in [3.63, 3.8) is 0 Å². The van der Waals surface area contributed by atoms with E-state index in [4.69, 9.17) is 44.3 Å². The summed E-state index contributed by atoms with van der Waals surface area (Å²) in [5, 5.41) is -0.656. The Balaban J connectivity index is 2.52. The van der Waals surface area contributed by atoms with Crippen LogP contribution >= 0.6 is 34.8 Å². The third-order valence-electron chi connectivity index (χ3n) is 1.64. The maximum absolute atomic E-state index is 11.0. The summed E-state index contributed by atoms with van der Waals surface area (Å²) in [6.45, 7) is 0. The molecule has 14 heavy (non-hydrogen) atoms. The van der Waals surface area contributed by atoms with Crippen LogP contribution in [0.2, 0.25) is 0 Å². The molecule has 74 valence electrons. The number of alkyl halides is 2. The minimum absolute atomic E-state index is 0.164. The van der Waals surface area contributed by atoms with E-state index in [1.807, 2.05) is 0 Å². The van der Waals surface area contributed by atoms with E-state index in [2.05, 4.69) is 0 Å². The molecule has 0 N–H and O–H groups in total. The number of carbonyl (C=O) groups is 1. The second kappa shape index (κ2) is 3.19. The molecular formula is C8H3Cl3O3. The highest BCUT2D eigenvalue weighted by Crippen LogP contribution is 2.45. The number of benzene rings is 1. The Morgan fingerprint density at radius 1 is 1.29 bits per heavy atom. The summed E-state index contributed by atoms with van der Waals surface area (Å²) >= 11 is 16.5. The third-order valence-corrected chi connectivity index (χ3v) is 2.15. The van der Waals surface area contributed by atoms with Crippen LogP contribution < -0.4 is 9.47 Å². The van der Waals surface area contributed by atoms with E-state index in [0.29, 0.717) is 5.75 Å². The minimum atomic E-state index is -1.79. The first-order valence-corrected chi connectivity index (χ1v) is 4.72. The van der Waals surface area contributed by atoms with Crippen molar-refractivity contribution in [2.75, 3.05) is 0 Å². The van der Waals surface area contributed by atoms with Crippen LogP contribution in [0.5, 0.6) is 11.5 Å². The van der Waals surface area contributed by atoms with Crippen molar-refractivity contribution >= 4 is 40.0 Å². The number of hydrogen-bond donors (Lipinski definition) is 0. The van der Waals surface area contributed by atoms with Gasteiger partial charge in [-0.05, 0) is 46.9 Å². The van der Waals surface area contributed by atoms with Gasteiger partial charge >= 0.3 is 4.71 Å². The molecule has 0 aromatic heterocycles. The Morgan fingerprint density at radius 3 is 2.64 bits per heavy atom. The smallest absolute Gasteiger partial charge is 0.419 e. The topological polar surface area (TPSA) is 35.5 Å². The van der Waals surface area contributed by atoms with Gasteiger partial charge < -0.3 is 9.47 Å². The van der Waals surface area contributed by atoms with Crippen LogP contribution in [-0.2, 0) is 0 Å². The van der Waals surface area contributed by atoms with Crippen LogP contribution in [0.3, 0.4) is 0 Å². The Kier molecular flexibility index (Phi) is 2.26. The van der Waals surface area contributed by atoms with Gasteiger partial charge in [0.2, 0.25) is 0 Å². The van der Waals surface area contributed by atoms with Gasteiger partial charge in [-0.1, -0.05) is 6.07 Å². The summed E-state index contributed by atoms with van der Waals surface area (Å²) in [7, 11) is 0. The fourth-order valence-electron chi connectivity index (χ4n) is 1.12. The molecule has 0 atom stereocenters. The average Bonchev–Trinajstić information content (AvgIpc) is 2.36. The first kappa shape index (κ1) is 9.90. The maximum atomic E-state index is 11.0. The van der Waals surface area contributed by atoms with Crippen LogP contribution in [0.1, 0.15) is 10.4 Å². The number of hydrogen-bond acceptors (Lipinski definition) is 3. The number of rotatable bonds is 1. The van der Waals surface area contributed by atoms with Gasteiger partial charge in [0.05, 0.1) is 5.56 Å². The summed E-state index contributed by atoms with van der Waals surface area (Å²) in [5.74, 6) is 0.457. The lowest BCUT2D eigenvalue weighted by atomic mass is 10.2. The Hall–Kier alpha value is -0.640. The molecule has 1 aliphatic rings. The predicted molar refractivity (Wildman–Crippen MR) is 52.3 cm³/mol. The van der Waals surface area contributed by atoms with E-state index in [9.17, 15) is 4.79 Å². The molecule has 0 bridgehead atoms. The van der Waals surface area contributed by atoms with Crippen molar-refractivity contribution in [3.05, 3.63) is 23.8 Å². The van der Waals surface area contributed by atoms with Crippen LogP contribution in [0, 0.1) is 0 Å². The summed E-state index contributed by atoms with van der Waals surface area (Å²) < 4.78 is 8.19. The fraction of sp³-hybridized carbons (Fsp3) is 0.125. The number of carbonyl (C=O) groups excluding carboxylic acids is 1. The molecule has 0 aliphatic carbocycles. The summed E-state index contributed by atoms with van der Waals surface area (Å²) in [6, 6.07) is 4.66. The second-order valence-corrected chi connectivity index (χ2v) is 4.11. The standard InChI is InChI=1S/C8H3Cl3O3/c9-7(12)4-2-1-3-5-6(4)14-8(10,11)13-5/h1-3H. The van der Waals surface area contributed by atoms with Crippen LogP contribution in [0.15, 0.2) is 18.2 Å². The largest absolute Gasteiger partial charge is 0.423 e. The van der Waals surface area contributed by atoms with Crippen LogP contribution in [-0.4, -0.2) is 9.95 Å². The number of halogens is 3. The monoisotopic (exact) mass is 252 g/mol. The van der Waals surface area contributed by atoms with Crippen molar-refractivity contribution < 1.29 is 14.3 Å². The zero-order valence-electron chi connectivity index (χ0n) is 6.59. The van der Waals surface area contributed by atoms with E-state index in [1.54, 1.807) is 12.1 Å². The number of para-hydroxylation sites is 1. The van der Waals surface area contributed by atoms with Gasteiger partial charge in [-0.15, -0.1) is 0 Å². The lowest BCUT2D eigenvalue weighted by molar-refractivity contribution is 0.0839. The quantitative estimate of drug-likeness (QED) is 0.570. The Labute approximate surface area is 94.5 Å². The van der Waals surface area contributed by atoms with E-state index in [-0.39, 0.29) is 11.3 Å². The Bertz CT molecular complexity index is 403. The first-order chi connectivity index (χ1) is 6.49. The first-order valence-electron chi connectivity index (χ1n) is 3.58. The third kappa shape index (κ3) is 1.63. The van der Waals surface area contributed by atoms with Gasteiger partial charge in [0, 0.05) is 0 Å². The SMILES string of the molecule is O=C(Cl)c1cccc2c1OC(Cl)(Cl)O2. The van der Waals surface area contributed by atoms with Crippen LogP contribution in [0.25, 0.3) is 0 Å². The van der Waals surface area contributed by atoms with E-state index >= 15 is 0 Å². The lowest BCUT2D eigenvalue weighted by Gasteiger charge is -2.09. The van der Waals surface area contributed by atoms with Crippen molar-refractivity contribution in [1.29, 1.82) is 0 Å². The predicted octanol–water partition coefficient (Wildman–Crippen LogP) is 2.93. The van der Waals surface area contributed by atoms with Gasteiger partial charge in [0.15, 0.2) is 11.5 Å². The molecule has 1 aromatic rings. The zero-order chi connectivity index (χ0) is 10.3. The van der Waals surface area contributed by atoms with E-state index < -0.39 is 9.95 Å². The van der Waals surface area contributed by atoms with Gasteiger partial charge in [-0.2, -0.15) is 0 Å². The molecule has 0 saturated heterocycles. The highest BCUT2D eigenvalue weighted by atomic mass is 35.5. The lowest BCUT2D eigenvalue weighted by Crippen LogP contribution is -2.23. The fourth-order valence-corrected chi connectivity index (χ4v) is 1.59. The van der Waals surface area contributed by atoms with E-state index in [0.717, 1.165) is 0 Å². The van der Waals surface area contributed by atoms with Gasteiger partial charge in [-0.3, -0.25) is 4.79 Å². The molecule has 0 fully saturated rings. The van der Waals surface area contributed by atoms with Crippen molar-refractivity contribution in [2.24, 2.45) is 0 Å². The van der Waals surface area contributed by atoms with Crippen molar-refractivity contribution in [2.45, 2.75) is 4.71 Å². The summed E-state index contributed by atoms with van der Waals surface area (Å²) in [6.07, 6.45) is 0. The van der Waals surface area contributed by atoms with Gasteiger partial charge in [-0.25, -0.2) is 0 Å². The molecule has 0 unspecified atom stereocenters. The molecule has 1 aromatic carbocycles. The zero-order valence-corrected chi connectivity index (χ0v) is 8.86. The molecular weight excluding hydrogens is 250 g/mol. The molecule has 0 radical (unpaired) electrons. The maximum Gasteiger partial charge on any atom is 0.419 e. The molecule has 6 heteroatoms. The summed E-state index contributed by atoms with van der Waals surface area (Å²) in [4.78, 5) is 11.0. The van der Waals surface area contributed by atoms with Crippen molar-refractivity contribution in [3.8, 4) is 11.5 Å². The molecule has 1 aliphatic heterocycles. The highest BCUT2D eigenvalue weighted by molar-refractivity contribution is 6.68. The second-order valence-electron chi connectivity index (χ2n) is 2.57. The van der Waals surface area contributed by atoms with Gasteiger partial charge in [0.1, 0.15) is 0 Å². The molecule has 1 heterocycles. The number of ether oxygens (including phenoxy) is 2. The average molecular weight is 253 g/mol. The molecule has 3 nitrogen and oxygen atoms in total. The molecule has 0 amide bonds. The van der Waals surface area contributed by atoms with E-state index in [1.165, 1.54) is 6.07 Å². The highest BCUT2D eigenvalue weighted by Gasteiger charge is 2.39. The minimum Gasteiger partial charge on any atom is -0.423 e. The normalized spacial score (nSPS) is 16.8. The molecule has 0 saturated carbocycles. The number of fused-ring (bicyclic) bond motifs is 1. The van der Waals surface area contributed by atoms with Crippen molar-refractivity contribution in [1.82, 2.24) is 0 Å². The van der Waals surface area contributed by atoms with Crippen LogP contribution in [0.4, 0.5) is 0 Å². The Morgan fingerprint density at radius 2 is 2.00 bits per heavy atom. The molecule has 0 spiro atoms. The molecule has 2 rings (SSSR count). The summed E-state index contributed by atoms with van der Waals surface area (Å²) in [5.41, 5.74) is 0.173.